The third-order valence-electron chi connectivity index (χ3n) is 4.23. The number of carbonyl (C=O) groups is 2. The third-order valence-corrected chi connectivity index (χ3v) is 4.23. The Morgan fingerprint density at radius 1 is 1.04 bits per heavy atom. The van der Waals surface area contributed by atoms with Gasteiger partial charge in [0.05, 0.1) is 6.20 Å². The lowest BCUT2D eigenvalue weighted by Gasteiger charge is -2.19. The van der Waals surface area contributed by atoms with Gasteiger partial charge in [-0.05, 0) is 12.5 Å². The van der Waals surface area contributed by atoms with E-state index in [9.17, 15) is 9.59 Å². The lowest BCUT2D eigenvalue weighted by atomic mass is 10.1. The van der Waals surface area contributed by atoms with Gasteiger partial charge in [-0.3, -0.25) is 4.79 Å². The molecule has 4 N–H and O–H groups in total. The second-order valence-electron chi connectivity index (χ2n) is 6.41. The highest BCUT2D eigenvalue weighted by Gasteiger charge is 2.24. The van der Waals surface area contributed by atoms with Gasteiger partial charge in [0.25, 0.3) is 0 Å². The molecule has 2 unspecified atom stereocenters. The van der Waals surface area contributed by atoms with Crippen LogP contribution in [0.3, 0.4) is 0 Å². The van der Waals surface area contributed by atoms with Gasteiger partial charge in [-0.25, -0.2) is 9.78 Å². The highest BCUT2D eigenvalue weighted by Crippen LogP contribution is 2.22. The van der Waals surface area contributed by atoms with Crippen LogP contribution in [0.15, 0.2) is 71.3 Å². The number of benzene rings is 2. The summed E-state index contributed by atoms with van der Waals surface area (Å²) in [4.78, 5) is 28.3. The van der Waals surface area contributed by atoms with Crippen molar-refractivity contribution in [2.75, 3.05) is 0 Å². The van der Waals surface area contributed by atoms with Crippen molar-refractivity contribution in [3.8, 4) is 11.3 Å². The Morgan fingerprint density at radius 3 is 2.32 bits per heavy atom. The smallest absolute Gasteiger partial charge is 0.312 e. The van der Waals surface area contributed by atoms with E-state index in [2.05, 4.69) is 15.6 Å². The minimum absolute atomic E-state index is 0.323. The van der Waals surface area contributed by atoms with E-state index in [-0.39, 0.29) is 5.91 Å². The van der Waals surface area contributed by atoms with Crippen molar-refractivity contribution in [1.82, 2.24) is 15.6 Å². The van der Waals surface area contributed by atoms with Crippen molar-refractivity contribution >= 4 is 11.9 Å². The Morgan fingerprint density at radius 2 is 1.68 bits per heavy atom. The van der Waals surface area contributed by atoms with Crippen LogP contribution in [0, 0.1) is 0 Å². The molecule has 2 atom stereocenters. The van der Waals surface area contributed by atoms with E-state index in [1.165, 1.54) is 0 Å². The van der Waals surface area contributed by atoms with Crippen LogP contribution < -0.4 is 16.4 Å². The van der Waals surface area contributed by atoms with E-state index >= 15 is 0 Å². The largest absolute Gasteiger partial charge is 0.438 e. The second-order valence-corrected chi connectivity index (χ2v) is 6.41. The number of hydrogen-bond acceptors (Lipinski definition) is 4. The summed E-state index contributed by atoms with van der Waals surface area (Å²) >= 11 is 0. The molecule has 3 rings (SSSR count). The number of amides is 3. The maximum atomic E-state index is 12.7. The molecule has 3 aromatic rings. The minimum atomic E-state index is -0.800. The van der Waals surface area contributed by atoms with Crippen molar-refractivity contribution in [2.24, 2.45) is 5.73 Å². The van der Waals surface area contributed by atoms with E-state index in [0.29, 0.717) is 18.1 Å². The van der Waals surface area contributed by atoms with Gasteiger partial charge >= 0.3 is 6.03 Å². The van der Waals surface area contributed by atoms with Crippen LogP contribution in [0.5, 0.6) is 0 Å². The highest BCUT2D eigenvalue weighted by molar-refractivity contribution is 5.87. The van der Waals surface area contributed by atoms with E-state index in [4.69, 9.17) is 10.2 Å². The zero-order valence-electron chi connectivity index (χ0n) is 15.5. The topological polar surface area (TPSA) is 110 Å². The molecule has 1 heterocycles. The highest BCUT2D eigenvalue weighted by atomic mass is 16.4. The van der Waals surface area contributed by atoms with E-state index in [1.807, 2.05) is 60.7 Å². The summed E-state index contributed by atoms with van der Waals surface area (Å²) in [5, 5.41) is 5.31. The normalized spacial score (nSPS) is 12.8. The van der Waals surface area contributed by atoms with Gasteiger partial charge in [0.1, 0.15) is 12.1 Å². The van der Waals surface area contributed by atoms with Crippen molar-refractivity contribution in [1.29, 1.82) is 0 Å². The molecular formula is C21H22N4O3. The fourth-order valence-corrected chi connectivity index (χ4v) is 2.83. The van der Waals surface area contributed by atoms with E-state index < -0.39 is 18.1 Å². The average molecular weight is 378 g/mol. The maximum absolute atomic E-state index is 12.7. The molecule has 7 heteroatoms. The first-order valence-corrected chi connectivity index (χ1v) is 8.94. The fourth-order valence-electron chi connectivity index (χ4n) is 2.83. The number of hydrogen-bond donors (Lipinski definition) is 3. The summed E-state index contributed by atoms with van der Waals surface area (Å²) in [7, 11) is 0. The zero-order chi connectivity index (χ0) is 19.9. The first-order chi connectivity index (χ1) is 13.5. The lowest BCUT2D eigenvalue weighted by molar-refractivity contribution is -0.123. The first kappa shape index (κ1) is 19.2. The standard InChI is InChI=1S/C21H22N4O3/c1-14(20-23-13-18(28-20)16-10-6-3-7-11-16)24-19(26)17(25-21(22)27)12-15-8-4-2-5-9-15/h2-11,13-14,17H,12H2,1H3,(H,24,26)(H3,22,25,27). The molecule has 3 amide bonds. The number of primary amides is 1. The molecule has 0 radical (unpaired) electrons. The van der Waals surface area contributed by atoms with Crippen LogP contribution in [0.2, 0.25) is 0 Å². The van der Waals surface area contributed by atoms with Crippen LogP contribution in [-0.2, 0) is 11.2 Å². The molecule has 144 valence electrons. The quantitative estimate of drug-likeness (QED) is 0.587. The number of nitrogens with zero attached hydrogens (tertiary/aromatic N) is 1. The van der Waals surface area contributed by atoms with Gasteiger partial charge in [0.2, 0.25) is 11.8 Å². The molecule has 28 heavy (non-hydrogen) atoms. The number of aromatic nitrogens is 1. The van der Waals surface area contributed by atoms with Crippen molar-refractivity contribution in [2.45, 2.75) is 25.4 Å². The predicted octanol–water partition coefficient (Wildman–Crippen LogP) is 2.80. The SMILES string of the molecule is CC(NC(=O)C(Cc1ccccc1)NC(N)=O)c1ncc(-c2ccccc2)o1. The summed E-state index contributed by atoms with van der Waals surface area (Å²) < 4.78 is 5.77. The number of rotatable bonds is 7. The summed E-state index contributed by atoms with van der Waals surface area (Å²) in [5.74, 6) is 0.632. The Balaban J connectivity index is 1.68. The Hall–Kier alpha value is -3.61. The van der Waals surface area contributed by atoms with E-state index in [0.717, 1.165) is 11.1 Å². The number of carbonyl (C=O) groups excluding carboxylic acids is 2. The average Bonchev–Trinajstić information content (AvgIpc) is 3.19. The summed E-state index contributed by atoms with van der Waals surface area (Å²) in [6.45, 7) is 1.77. The van der Waals surface area contributed by atoms with Crippen LogP contribution in [-0.4, -0.2) is 23.0 Å². The predicted molar refractivity (Wildman–Crippen MR) is 105 cm³/mol. The number of oxazole rings is 1. The molecule has 0 aliphatic heterocycles. The fraction of sp³-hybridized carbons (Fsp3) is 0.190. The van der Waals surface area contributed by atoms with Gasteiger partial charge in [0.15, 0.2) is 5.76 Å². The summed E-state index contributed by atoms with van der Waals surface area (Å²) in [6, 6.07) is 16.9. The molecule has 7 nitrogen and oxygen atoms in total. The van der Waals surface area contributed by atoms with Gasteiger partial charge in [-0.1, -0.05) is 60.7 Å². The van der Waals surface area contributed by atoms with Gasteiger partial charge < -0.3 is 20.8 Å². The molecule has 0 aliphatic carbocycles. The molecule has 0 saturated carbocycles. The summed E-state index contributed by atoms with van der Waals surface area (Å²) in [6.07, 6.45) is 1.94. The lowest BCUT2D eigenvalue weighted by Crippen LogP contribution is -2.50. The van der Waals surface area contributed by atoms with Gasteiger partial charge in [-0.15, -0.1) is 0 Å². The second kappa shape index (κ2) is 8.85. The number of nitrogens with two attached hydrogens (primary N) is 1. The zero-order valence-corrected chi connectivity index (χ0v) is 15.5. The molecule has 0 bridgehead atoms. The minimum Gasteiger partial charge on any atom is -0.438 e. The number of urea groups is 1. The van der Waals surface area contributed by atoms with Crippen LogP contribution >= 0.6 is 0 Å². The van der Waals surface area contributed by atoms with Crippen LogP contribution in [0.1, 0.15) is 24.4 Å². The van der Waals surface area contributed by atoms with Crippen LogP contribution in [0.4, 0.5) is 4.79 Å². The van der Waals surface area contributed by atoms with Gasteiger partial charge in [-0.2, -0.15) is 0 Å². The Bertz CT molecular complexity index is 925. The molecular weight excluding hydrogens is 356 g/mol. The molecule has 1 aromatic heterocycles. The molecule has 2 aromatic carbocycles. The van der Waals surface area contributed by atoms with Crippen molar-refractivity contribution in [3.63, 3.8) is 0 Å². The van der Waals surface area contributed by atoms with Crippen LogP contribution in [0.25, 0.3) is 11.3 Å². The van der Waals surface area contributed by atoms with Crippen molar-refractivity contribution in [3.05, 3.63) is 78.3 Å². The maximum Gasteiger partial charge on any atom is 0.312 e. The Labute approximate surface area is 163 Å². The Kier molecular flexibility index (Phi) is 6.06. The molecule has 0 saturated heterocycles. The van der Waals surface area contributed by atoms with Gasteiger partial charge in [0, 0.05) is 12.0 Å². The first-order valence-electron chi connectivity index (χ1n) is 8.94. The third kappa shape index (κ3) is 4.97. The molecule has 0 spiro atoms. The molecule has 0 aliphatic rings. The van der Waals surface area contributed by atoms with E-state index in [1.54, 1.807) is 13.1 Å². The monoisotopic (exact) mass is 378 g/mol. The molecule has 0 fully saturated rings. The van der Waals surface area contributed by atoms with Crippen molar-refractivity contribution < 1.29 is 14.0 Å². The summed E-state index contributed by atoms with van der Waals surface area (Å²) in [5.41, 5.74) is 7.04. The number of nitrogens with one attached hydrogen (secondary N) is 2.